The van der Waals surface area contributed by atoms with Crippen LogP contribution in [0.1, 0.15) is 11.1 Å². The maximum absolute atomic E-state index is 13.5. The van der Waals surface area contributed by atoms with E-state index in [1.807, 2.05) is 30.3 Å². The van der Waals surface area contributed by atoms with Gasteiger partial charge < -0.3 is 0 Å². The van der Waals surface area contributed by atoms with E-state index < -0.39 is 20.6 Å². The third-order valence-electron chi connectivity index (χ3n) is 4.15. The molecule has 0 radical (unpaired) electrons. The lowest BCUT2D eigenvalue weighted by Crippen LogP contribution is -2.31. The van der Waals surface area contributed by atoms with Gasteiger partial charge in [0.15, 0.2) is 4.90 Å². The molecule has 0 N–H and O–H groups in total. The number of rotatable bonds is 6. The molecule has 0 bridgehead atoms. The number of hydrogen-bond acceptors (Lipinski definition) is 4. The number of anilines is 1. The van der Waals surface area contributed by atoms with E-state index >= 15 is 0 Å². The Morgan fingerprint density at radius 1 is 0.889 bits per heavy atom. The molecule has 138 valence electrons. The summed E-state index contributed by atoms with van der Waals surface area (Å²) in [6.45, 7) is 1.63. The standard InChI is InChI=1S/C20H18N2O4S/c1-16-9-8-14-19(22(23)24)20(16)27(25,26)21(18-12-6-3-7-13-18)15-17-10-4-2-5-11-17/h2-14H,15H2,1H3. The second-order valence-corrected chi connectivity index (χ2v) is 7.81. The van der Waals surface area contributed by atoms with Crippen LogP contribution in [0.4, 0.5) is 11.4 Å². The molecule has 0 aliphatic rings. The van der Waals surface area contributed by atoms with Crippen LogP contribution in [-0.4, -0.2) is 13.3 Å². The zero-order chi connectivity index (χ0) is 19.4. The van der Waals surface area contributed by atoms with Crippen molar-refractivity contribution >= 4 is 21.4 Å². The minimum atomic E-state index is -4.17. The number of aryl methyl sites for hydroxylation is 1. The van der Waals surface area contributed by atoms with E-state index in [1.54, 1.807) is 43.3 Å². The molecule has 0 atom stereocenters. The third kappa shape index (κ3) is 3.83. The topological polar surface area (TPSA) is 80.5 Å². The Hall–Kier alpha value is -3.19. The molecule has 0 heterocycles. The Kier molecular flexibility index (Phi) is 5.23. The Morgan fingerprint density at radius 2 is 1.48 bits per heavy atom. The highest BCUT2D eigenvalue weighted by Crippen LogP contribution is 2.33. The van der Waals surface area contributed by atoms with Gasteiger partial charge >= 0.3 is 0 Å². The summed E-state index contributed by atoms with van der Waals surface area (Å²) in [7, 11) is -4.17. The Balaban J connectivity index is 2.19. The van der Waals surface area contributed by atoms with E-state index in [4.69, 9.17) is 0 Å². The number of benzene rings is 3. The molecule has 7 heteroatoms. The molecule has 3 rings (SSSR count). The lowest BCUT2D eigenvalue weighted by Gasteiger charge is -2.25. The fraction of sp³-hybridized carbons (Fsp3) is 0.100. The monoisotopic (exact) mass is 382 g/mol. The van der Waals surface area contributed by atoms with Crippen molar-refractivity contribution in [2.75, 3.05) is 4.31 Å². The van der Waals surface area contributed by atoms with Crippen molar-refractivity contribution in [3.8, 4) is 0 Å². The Bertz CT molecular complexity index is 1050. The summed E-state index contributed by atoms with van der Waals surface area (Å²) in [5.41, 5.74) is 1.13. The van der Waals surface area contributed by atoms with Crippen molar-refractivity contribution in [2.45, 2.75) is 18.4 Å². The van der Waals surface area contributed by atoms with Crippen LogP contribution in [0.3, 0.4) is 0 Å². The van der Waals surface area contributed by atoms with Gasteiger partial charge in [0.25, 0.3) is 15.7 Å². The first kappa shape index (κ1) is 18.6. The van der Waals surface area contributed by atoms with Gasteiger partial charge in [-0.05, 0) is 30.2 Å². The van der Waals surface area contributed by atoms with Crippen LogP contribution in [-0.2, 0) is 16.6 Å². The van der Waals surface area contributed by atoms with Crippen molar-refractivity contribution in [1.29, 1.82) is 0 Å². The van der Waals surface area contributed by atoms with Crippen molar-refractivity contribution in [2.24, 2.45) is 0 Å². The SMILES string of the molecule is Cc1cccc([N+](=O)[O-])c1S(=O)(=O)N(Cc1ccccc1)c1ccccc1. The van der Waals surface area contributed by atoms with Crippen LogP contribution < -0.4 is 4.31 Å². The van der Waals surface area contributed by atoms with E-state index in [0.717, 1.165) is 5.56 Å². The van der Waals surface area contributed by atoms with Crippen LogP contribution in [0.25, 0.3) is 0 Å². The molecule has 0 spiro atoms. The molecule has 0 saturated heterocycles. The highest BCUT2D eigenvalue weighted by Gasteiger charge is 2.33. The molecular weight excluding hydrogens is 364 g/mol. The van der Waals surface area contributed by atoms with Crippen molar-refractivity contribution in [1.82, 2.24) is 0 Å². The summed E-state index contributed by atoms with van der Waals surface area (Å²) >= 11 is 0. The van der Waals surface area contributed by atoms with Gasteiger partial charge in [-0.3, -0.25) is 14.4 Å². The number of nitrogens with zero attached hydrogens (tertiary/aromatic N) is 2. The number of hydrogen-bond donors (Lipinski definition) is 0. The number of nitro groups is 1. The fourth-order valence-corrected chi connectivity index (χ4v) is 4.71. The maximum atomic E-state index is 13.5. The van der Waals surface area contributed by atoms with Crippen LogP contribution in [0, 0.1) is 17.0 Å². The third-order valence-corrected chi connectivity index (χ3v) is 6.12. The van der Waals surface area contributed by atoms with Gasteiger partial charge in [-0.1, -0.05) is 60.7 Å². The molecule has 27 heavy (non-hydrogen) atoms. The maximum Gasteiger partial charge on any atom is 0.290 e. The predicted octanol–water partition coefficient (Wildman–Crippen LogP) is 4.30. The zero-order valence-electron chi connectivity index (χ0n) is 14.6. The van der Waals surface area contributed by atoms with Gasteiger partial charge in [0.1, 0.15) is 0 Å². The smallest absolute Gasteiger partial charge is 0.262 e. The van der Waals surface area contributed by atoms with E-state index in [-0.39, 0.29) is 11.4 Å². The average Bonchev–Trinajstić information content (AvgIpc) is 2.67. The number of para-hydroxylation sites is 1. The molecule has 3 aromatic carbocycles. The molecule has 0 aromatic heterocycles. The normalized spacial score (nSPS) is 11.1. The van der Waals surface area contributed by atoms with Gasteiger partial charge in [0.05, 0.1) is 17.2 Å². The number of nitro benzene ring substituents is 1. The summed E-state index contributed by atoms with van der Waals surface area (Å²) in [4.78, 5) is 10.5. The molecule has 3 aromatic rings. The Labute approximate surface area is 157 Å². The molecule has 6 nitrogen and oxygen atoms in total. The molecule has 0 fully saturated rings. The van der Waals surface area contributed by atoms with Gasteiger partial charge in [-0.25, -0.2) is 8.42 Å². The fourth-order valence-electron chi connectivity index (χ4n) is 2.89. The molecule has 0 aliphatic carbocycles. The van der Waals surface area contributed by atoms with Gasteiger partial charge in [-0.15, -0.1) is 0 Å². The minimum absolute atomic E-state index is 0.0681. The average molecular weight is 382 g/mol. The summed E-state index contributed by atoms with van der Waals surface area (Å²) in [5, 5.41) is 11.5. The van der Waals surface area contributed by atoms with Crippen LogP contribution in [0.15, 0.2) is 83.8 Å². The van der Waals surface area contributed by atoms with Gasteiger partial charge in [0, 0.05) is 6.07 Å². The van der Waals surface area contributed by atoms with Crippen LogP contribution in [0.2, 0.25) is 0 Å². The van der Waals surface area contributed by atoms with E-state index in [9.17, 15) is 18.5 Å². The largest absolute Gasteiger partial charge is 0.290 e. The summed E-state index contributed by atoms with van der Waals surface area (Å²) in [6, 6.07) is 22.0. The highest BCUT2D eigenvalue weighted by atomic mass is 32.2. The Morgan fingerprint density at radius 3 is 2.07 bits per heavy atom. The summed E-state index contributed by atoms with van der Waals surface area (Å²) in [5.74, 6) is 0. The first-order valence-corrected chi connectivity index (χ1v) is 9.71. The highest BCUT2D eigenvalue weighted by molar-refractivity contribution is 7.93. The molecule has 0 saturated carbocycles. The van der Waals surface area contributed by atoms with Crippen molar-refractivity contribution in [3.05, 3.63) is 100 Å². The summed E-state index contributed by atoms with van der Waals surface area (Å²) in [6.07, 6.45) is 0. The van der Waals surface area contributed by atoms with Crippen LogP contribution in [0.5, 0.6) is 0 Å². The second kappa shape index (κ2) is 7.59. The zero-order valence-corrected chi connectivity index (χ0v) is 15.5. The molecule has 0 unspecified atom stereocenters. The van der Waals surface area contributed by atoms with E-state index in [1.165, 1.54) is 16.4 Å². The first-order chi connectivity index (χ1) is 12.9. The predicted molar refractivity (Wildman–Crippen MR) is 104 cm³/mol. The van der Waals surface area contributed by atoms with Gasteiger partial charge in [0.2, 0.25) is 0 Å². The second-order valence-electron chi connectivity index (χ2n) is 6.01. The first-order valence-electron chi connectivity index (χ1n) is 8.27. The van der Waals surface area contributed by atoms with Crippen molar-refractivity contribution < 1.29 is 13.3 Å². The molecular formula is C20H18N2O4S. The molecule has 0 amide bonds. The number of sulfonamides is 1. The van der Waals surface area contributed by atoms with E-state index in [2.05, 4.69) is 0 Å². The quantitative estimate of drug-likeness (QED) is 0.470. The van der Waals surface area contributed by atoms with E-state index in [0.29, 0.717) is 11.3 Å². The van der Waals surface area contributed by atoms with Crippen LogP contribution >= 0.6 is 0 Å². The lowest BCUT2D eigenvalue weighted by atomic mass is 10.2. The summed E-state index contributed by atoms with van der Waals surface area (Å²) < 4.78 is 28.2. The van der Waals surface area contributed by atoms with Gasteiger partial charge in [-0.2, -0.15) is 0 Å². The molecule has 0 aliphatic heterocycles. The minimum Gasteiger partial charge on any atom is -0.262 e. The lowest BCUT2D eigenvalue weighted by molar-refractivity contribution is -0.387. The van der Waals surface area contributed by atoms with Crippen molar-refractivity contribution in [3.63, 3.8) is 0 Å².